The summed E-state index contributed by atoms with van der Waals surface area (Å²) in [5, 5.41) is 10.5. The van der Waals surface area contributed by atoms with Gasteiger partial charge in [-0.15, -0.1) is 0 Å². The minimum atomic E-state index is 0.940. The first kappa shape index (κ1) is 9.98. The predicted octanol–water partition coefficient (Wildman–Crippen LogP) is 1.48. The summed E-state index contributed by atoms with van der Waals surface area (Å²) in [6.45, 7) is 2.99. The van der Waals surface area contributed by atoms with Gasteiger partial charge in [0.25, 0.3) is 0 Å². The molecule has 2 heterocycles. The molecule has 0 amide bonds. The summed E-state index contributed by atoms with van der Waals surface area (Å²) in [5.41, 5.74) is 4.57. The van der Waals surface area contributed by atoms with E-state index in [2.05, 4.69) is 26.6 Å². The van der Waals surface area contributed by atoms with Crippen LogP contribution >= 0.6 is 0 Å². The topological polar surface area (TPSA) is 56.5 Å². The zero-order valence-corrected chi connectivity index (χ0v) is 9.09. The van der Waals surface area contributed by atoms with Crippen LogP contribution in [0.25, 0.3) is 11.3 Å². The standard InChI is InChI=1S/C11H16N4/c1-8-11(9-4-3-6-13-9)10(15-14-8)5-7-12-2/h3-4,6,12-13H,5,7H2,1-2H3,(H,14,15). The number of hydrogen-bond donors (Lipinski definition) is 3. The van der Waals surface area contributed by atoms with E-state index in [9.17, 15) is 0 Å². The van der Waals surface area contributed by atoms with Crippen molar-refractivity contribution < 1.29 is 0 Å². The maximum atomic E-state index is 4.32. The molecule has 0 saturated heterocycles. The van der Waals surface area contributed by atoms with Gasteiger partial charge in [0, 0.05) is 36.1 Å². The van der Waals surface area contributed by atoms with Crippen LogP contribution in [-0.4, -0.2) is 28.8 Å². The van der Waals surface area contributed by atoms with Crippen LogP contribution in [0.2, 0.25) is 0 Å². The van der Waals surface area contributed by atoms with Crippen molar-refractivity contribution in [2.24, 2.45) is 0 Å². The molecule has 0 saturated carbocycles. The third kappa shape index (κ3) is 1.94. The van der Waals surface area contributed by atoms with Crippen molar-refractivity contribution in [2.45, 2.75) is 13.3 Å². The second-order valence-electron chi connectivity index (χ2n) is 3.61. The zero-order chi connectivity index (χ0) is 10.7. The lowest BCUT2D eigenvalue weighted by Gasteiger charge is -2.01. The van der Waals surface area contributed by atoms with E-state index in [0.717, 1.165) is 30.0 Å². The van der Waals surface area contributed by atoms with Crippen molar-refractivity contribution >= 4 is 0 Å². The van der Waals surface area contributed by atoms with E-state index in [1.807, 2.05) is 26.2 Å². The van der Waals surface area contributed by atoms with E-state index in [-0.39, 0.29) is 0 Å². The van der Waals surface area contributed by atoms with Gasteiger partial charge in [-0.2, -0.15) is 5.10 Å². The summed E-state index contributed by atoms with van der Waals surface area (Å²) in [6.07, 6.45) is 2.87. The lowest BCUT2D eigenvalue weighted by molar-refractivity contribution is 0.772. The largest absolute Gasteiger partial charge is 0.361 e. The summed E-state index contributed by atoms with van der Waals surface area (Å²) >= 11 is 0. The molecule has 0 radical (unpaired) electrons. The van der Waals surface area contributed by atoms with Gasteiger partial charge in [0.05, 0.1) is 5.69 Å². The molecule has 4 nitrogen and oxygen atoms in total. The highest BCUT2D eigenvalue weighted by molar-refractivity contribution is 5.64. The third-order valence-electron chi connectivity index (χ3n) is 2.50. The van der Waals surface area contributed by atoms with Gasteiger partial charge in [0.1, 0.15) is 0 Å². The zero-order valence-electron chi connectivity index (χ0n) is 9.09. The van der Waals surface area contributed by atoms with Gasteiger partial charge >= 0.3 is 0 Å². The highest BCUT2D eigenvalue weighted by Gasteiger charge is 2.11. The lowest BCUT2D eigenvalue weighted by atomic mass is 10.1. The molecule has 0 atom stereocenters. The summed E-state index contributed by atoms with van der Waals surface area (Å²) in [5.74, 6) is 0. The molecule has 2 aromatic heterocycles. The molecule has 0 unspecified atom stereocenters. The van der Waals surface area contributed by atoms with Crippen molar-refractivity contribution in [3.05, 3.63) is 29.7 Å². The molecule has 0 spiro atoms. The van der Waals surface area contributed by atoms with Crippen LogP contribution in [0.3, 0.4) is 0 Å². The van der Waals surface area contributed by atoms with Crippen molar-refractivity contribution in [3.63, 3.8) is 0 Å². The minimum absolute atomic E-state index is 0.940. The van der Waals surface area contributed by atoms with E-state index >= 15 is 0 Å². The number of aromatic amines is 2. The van der Waals surface area contributed by atoms with E-state index in [0.29, 0.717) is 0 Å². The Hall–Kier alpha value is -1.55. The fraction of sp³-hybridized carbons (Fsp3) is 0.364. The van der Waals surface area contributed by atoms with Crippen LogP contribution in [0.1, 0.15) is 11.4 Å². The molecule has 80 valence electrons. The Morgan fingerprint density at radius 2 is 2.33 bits per heavy atom. The Kier molecular flexibility index (Phi) is 2.87. The van der Waals surface area contributed by atoms with Crippen LogP contribution in [0.15, 0.2) is 18.3 Å². The average Bonchev–Trinajstić information content (AvgIpc) is 2.84. The Morgan fingerprint density at radius 3 is 3.00 bits per heavy atom. The van der Waals surface area contributed by atoms with E-state index in [4.69, 9.17) is 0 Å². The van der Waals surface area contributed by atoms with Crippen LogP contribution in [0, 0.1) is 6.92 Å². The van der Waals surface area contributed by atoms with Crippen LogP contribution in [0.5, 0.6) is 0 Å². The Balaban J connectivity index is 2.32. The van der Waals surface area contributed by atoms with Crippen molar-refractivity contribution in [2.75, 3.05) is 13.6 Å². The molecule has 3 N–H and O–H groups in total. The highest BCUT2D eigenvalue weighted by Crippen LogP contribution is 2.23. The van der Waals surface area contributed by atoms with Gasteiger partial charge in [0.15, 0.2) is 0 Å². The fourth-order valence-electron chi connectivity index (χ4n) is 1.75. The normalized spacial score (nSPS) is 10.8. The molecular formula is C11H16N4. The predicted molar refractivity (Wildman–Crippen MR) is 60.7 cm³/mol. The number of likely N-dealkylation sites (N-methyl/N-ethyl adjacent to an activating group) is 1. The Morgan fingerprint density at radius 1 is 1.47 bits per heavy atom. The first-order chi connectivity index (χ1) is 7.33. The number of aryl methyl sites for hydroxylation is 1. The number of H-pyrrole nitrogens is 2. The first-order valence-corrected chi connectivity index (χ1v) is 5.15. The Bertz CT molecular complexity index is 414. The molecule has 0 aliphatic rings. The van der Waals surface area contributed by atoms with E-state index in [1.165, 1.54) is 5.56 Å². The minimum Gasteiger partial charge on any atom is -0.361 e. The molecule has 0 aromatic carbocycles. The molecule has 0 aliphatic carbocycles. The number of aromatic nitrogens is 3. The first-order valence-electron chi connectivity index (χ1n) is 5.15. The smallest absolute Gasteiger partial charge is 0.0730 e. The molecule has 15 heavy (non-hydrogen) atoms. The van der Waals surface area contributed by atoms with Crippen molar-refractivity contribution in [3.8, 4) is 11.3 Å². The molecule has 0 bridgehead atoms. The fourth-order valence-corrected chi connectivity index (χ4v) is 1.75. The van der Waals surface area contributed by atoms with Gasteiger partial charge in [-0.05, 0) is 26.1 Å². The van der Waals surface area contributed by atoms with E-state index < -0.39 is 0 Å². The summed E-state index contributed by atoms with van der Waals surface area (Å²) in [4.78, 5) is 3.22. The van der Waals surface area contributed by atoms with Gasteiger partial charge in [-0.1, -0.05) is 0 Å². The number of hydrogen-bond acceptors (Lipinski definition) is 2. The third-order valence-corrected chi connectivity index (χ3v) is 2.50. The van der Waals surface area contributed by atoms with Gasteiger partial charge in [-0.3, -0.25) is 5.10 Å². The summed E-state index contributed by atoms with van der Waals surface area (Å²) in [6, 6.07) is 4.07. The van der Waals surface area contributed by atoms with Gasteiger partial charge in [0.2, 0.25) is 0 Å². The van der Waals surface area contributed by atoms with E-state index in [1.54, 1.807) is 0 Å². The molecule has 0 fully saturated rings. The SMILES string of the molecule is CNCCc1n[nH]c(C)c1-c1ccc[nH]1. The maximum Gasteiger partial charge on any atom is 0.0730 e. The Labute approximate surface area is 89.1 Å². The quantitative estimate of drug-likeness (QED) is 0.706. The number of rotatable bonds is 4. The second-order valence-corrected chi connectivity index (χ2v) is 3.61. The summed E-state index contributed by atoms with van der Waals surface area (Å²) in [7, 11) is 1.95. The van der Waals surface area contributed by atoms with Crippen molar-refractivity contribution in [1.29, 1.82) is 0 Å². The van der Waals surface area contributed by atoms with Crippen LogP contribution in [0.4, 0.5) is 0 Å². The van der Waals surface area contributed by atoms with Crippen LogP contribution in [-0.2, 0) is 6.42 Å². The molecule has 4 heteroatoms. The monoisotopic (exact) mass is 204 g/mol. The average molecular weight is 204 g/mol. The van der Waals surface area contributed by atoms with Crippen molar-refractivity contribution in [1.82, 2.24) is 20.5 Å². The molecule has 2 aromatic rings. The van der Waals surface area contributed by atoms with Crippen LogP contribution < -0.4 is 5.32 Å². The van der Waals surface area contributed by atoms with Gasteiger partial charge < -0.3 is 10.3 Å². The maximum absolute atomic E-state index is 4.32. The lowest BCUT2D eigenvalue weighted by Crippen LogP contribution is -2.11. The summed E-state index contributed by atoms with van der Waals surface area (Å²) < 4.78 is 0. The van der Waals surface area contributed by atoms with Gasteiger partial charge in [-0.25, -0.2) is 0 Å². The molecule has 2 rings (SSSR count). The molecule has 0 aliphatic heterocycles. The number of nitrogens with zero attached hydrogens (tertiary/aromatic N) is 1. The number of nitrogens with one attached hydrogen (secondary N) is 3. The highest BCUT2D eigenvalue weighted by atomic mass is 15.1. The molecular weight excluding hydrogens is 188 g/mol. The second kappa shape index (κ2) is 4.31.